The Morgan fingerprint density at radius 1 is 0.941 bits per heavy atom. The van der Waals surface area contributed by atoms with Crippen LogP contribution in [0, 0.1) is 0 Å². The number of ether oxygens (including phenoxy) is 3. The molecule has 0 amide bonds. The van der Waals surface area contributed by atoms with Crippen molar-refractivity contribution in [1.29, 1.82) is 0 Å². The van der Waals surface area contributed by atoms with E-state index in [9.17, 15) is 0 Å². The molecule has 2 rings (SSSR count). The van der Waals surface area contributed by atoms with Gasteiger partial charge in [0.25, 0.3) is 0 Å². The Balaban J connectivity index is 2.75. The highest BCUT2D eigenvalue weighted by Crippen LogP contribution is 2.41. The molecule has 0 saturated carbocycles. The number of hydrogen-bond acceptors (Lipinski definition) is 3. The summed E-state index contributed by atoms with van der Waals surface area (Å²) < 4.78 is 16.4. The molecule has 0 fully saturated rings. The number of benzene rings is 2. The van der Waals surface area contributed by atoms with Gasteiger partial charge in [0.2, 0.25) is 0 Å². The molecule has 3 nitrogen and oxygen atoms in total. The quantitative estimate of drug-likeness (QED) is 0.809. The molecule has 0 saturated heterocycles. The van der Waals surface area contributed by atoms with Gasteiger partial charge in [-0.2, -0.15) is 0 Å². The van der Waals surface area contributed by atoms with Crippen molar-refractivity contribution in [3.8, 4) is 17.2 Å². The number of fused-ring (bicyclic) bond motifs is 1. The zero-order valence-electron chi connectivity index (χ0n) is 10.3. The summed E-state index contributed by atoms with van der Waals surface area (Å²) in [7, 11) is 3.27. The Hall–Kier alpha value is -1.90. The van der Waals surface area contributed by atoms with Crippen molar-refractivity contribution in [2.24, 2.45) is 0 Å². The zero-order valence-corrected chi connectivity index (χ0v) is 10.3. The van der Waals surface area contributed by atoms with Gasteiger partial charge in [0, 0.05) is 16.8 Å². The molecular formula is C14H16O3. The van der Waals surface area contributed by atoms with Gasteiger partial charge in [-0.25, -0.2) is 0 Å². The van der Waals surface area contributed by atoms with Crippen LogP contribution in [0.1, 0.15) is 6.92 Å². The van der Waals surface area contributed by atoms with E-state index in [1.165, 1.54) is 0 Å². The lowest BCUT2D eigenvalue weighted by atomic mass is 10.1. The lowest BCUT2D eigenvalue weighted by molar-refractivity contribution is 0.333. The second kappa shape index (κ2) is 4.95. The monoisotopic (exact) mass is 232 g/mol. The third-order valence-corrected chi connectivity index (χ3v) is 2.65. The number of rotatable bonds is 4. The van der Waals surface area contributed by atoms with Crippen LogP contribution >= 0.6 is 0 Å². The average molecular weight is 232 g/mol. The first-order chi connectivity index (χ1) is 8.31. The topological polar surface area (TPSA) is 27.7 Å². The number of methoxy groups -OCH3 is 2. The fourth-order valence-electron chi connectivity index (χ4n) is 1.93. The van der Waals surface area contributed by atoms with Crippen LogP contribution < -0.4 is 14.2 Å². The second-order valence-electron chi connectivity index (χ2n) is 3.59. The van der Waals surface area contributed by atoms with E-state index in [0.29, 0.717) is 12.4 Å². The highest BCUT2D eigenvalue weighted by Gasteiger charge is 2.13. The SMILES string of the molecule is CCOc1cc(OC)c(OC)c2ccccc12. The molecule has 0 spiro atoms. The summed E-state index contributed by atoms with van der Waals surface area (Å²) >= 11 is 0. The minimum absolute atomic E-state index is 0.624. The van der Waals surface area contributed by atoms with Crippen molar-refractivity contribution >= 4 is 10.8 Å². The van der Waals surface area contributed by atoms with E-state index in [1.54, 1.807) is 14.2 Å². The van der Waals surface area contributed by atoms with Gasteiger partial charge < -0.3 is 14.2 Å². The maximum Gasteiger partial charge on any atom is 0.168 e. The van der Waals surface area contributed by atoms with Crippen LogP contribution in [0.15, 0.2) is 30.3 Å². The zero-order chi connectivity index (χ0) is 12.3. The maximum atomic E-state index is 5.63. The van der Waals surface area contributed by atoms with E-state index in [2.05, 4.69) is 0 Å². The molecule has 0 radical (unpaired) electrons. The molecule has 0 N–H and O–H groups in total. The van der Waals surface area contributed by atoms with E-state index in [0.717, 1.165) is 22.3 Å². The predicted molar refractivity (Wildman–Crippen MR) is 68.2 cm³/mol. The van der Waals surface area contributed by atoms with E-state index in [1.807, 2.05) is 37.3 Å². The molecule has 0 aliphatic heterocycles. The highest BCUT2D eigenvalue weighted by molar-refractivity contribution is 5.95. The fraction of sp³-hybridized carbons (Fsp3) is 0.286. The van der Waals surface area contributed by atoms with Crippen molar-refractivity contribution in [2.75, 3.05) is 20.8 Å². The van der Waals surface area contributed by atoms with Crippen molar-refractivity contribution < 1.29 is 14.2 Å². The minimum atomic E-state index is 0.624. The molecule has 17 heavy (non-hydrogen) atoms. The first kappa shape index (κ1) is 11.6. The molecule has 0 aliphatic rings. The summed E-state index contributed by atoms with van der Waals surface area (Å²) in [6.45, 7) is 2.59. The molecule has 2 aromatic carbocycles. The summed E-state index contributed by atoms with van der Waals surface area (Å²) in [4.78, 5) is 0. The van der Waals surface area contributed by atoms with Crippen LogP contribution in [0.25, 0.3) is 10.8 Å². The van der Waals surface area contributed by atoms with Crippen LogP contribution in [-0.2, 0) is 0 Å². The van der Waals surface area contributed by atoms with Gasteiger partial charge in [0.05, 0.1) is 20.8 Å². The molecular weight excluding hydrogens is 216 g/mol. The highest BCUT2D eigenvalue weighted by atomic mass is 16.5. The molecule has 0 unspecified atom stereocenters. The van der Waals surface area contributed by atoms with Gasteiger partial charge in [0.1, 0.15) is 5.75 Å². The van der Waals surface area contributed by atoms with Crippen LogP contribution in [0.3, 0.4) is 0 Å². The van der Waals surface area contributed by atoms with E-state index < -0.39 is 0 Å². The Morgan fingerprint density at radius 3 is 2.24 bits per heavy atom. The Morgan fingerprint density at radius 2 is 1.65 bits per heavy atom. The number of hydrogen-bond donors (Lipinski definition) is 0. The Kier molecular flexibility index (Phi) is 3.38. The first-order valence-corrected chi connectivity index (χ1v) is 5.58. The molecule has 0 atom stereocenters. The van der Waals surface area contributed by atoms with Gasteiger partial charge in [-0.05, 0) is 6.92 Å². The van der Waals surface area contributed by atoms with Crippen LogP contribution in [0.4, 0.5) is 0 Å². The van der Waals surface area contributed by atoms with Gasteiger partial charge in [-0.1, -0.05) is 24.3 Å². The third-order valence-electron chi connectivity index (χ3n) is 2.65. The fourth-order valence-corrected chi connectivity index (χ4v) is 1.93. The summed E-state index contributed by atoms with van der Waals surface area (Å²) in [6, 6.07) is 9.84. The van der Waals surface area contributed by atoms with Crippen molar-refractivity contribution in [1.82, 2.24) is 0 Å². The van der Waals surface area contributed by atoms with E-state index >= 15 is 0 Å². The second-order valence-corrected chi connectivity index (χ2v) is 3.59. The minimum Gasteiger partial charge on any atom is -0.493 e. The van der Waals surface area contributed by atoms with Crippen LogP contribution in [0.2, 0.25) is 0 Å². The Bertz CT molecular complexity index is 520. The lowest BCUT2D eigenvalue weighted by Crippen LogP contribution is -1.96. The average Bonchev–Trinajstić information content (AvgIpc) is 2.38. The summed E-state index contributed by atoms with van der Waals surface area (Å²) in [5.41, 5.74) is 0. The summed E-state index contributed by atoms with van der Waals surface area (Å²) in [5, 5.41) is 2.03. The standard InChI is InChI=1S/C14H16O3/c1-4-17-12-9-13(15-2)14(16-3)11-8-6-5-7-10(11)12/h5-9H,4H2,1-3H3. The smallest absolute Gasteiger partial charge is 0.168 e. The van der Waals surface area contributed by atoms with Gasteiger partial charge in [-0.3, -0.25) is 0 Å². The summed E-state index contributed by atoms with van der Waals surface area (Å²) in [5.74, 6) is 2.25. The van der Waals surface area contributed by atoms with Gasteiger partial charge in [0.15, 0.2) is 11.5 Å². The predicted octanol–water partition coefficient (Wildman–Crippen LogP) is 3.26. The third kappa shape index (κ3) is 2.00. The molecule has 3 heteroatoms. The molecule has 90 valence electrons. The normalized spacial score (nSPS) is 10.3. The summed E-state index contributed by atoms with van der Waals surface area (Å²) in [6.07, 6.45) is 0. The lowest BCUT2D eigenvalue weighted by Gasteiger charge is -2.14. The van der Waals surface area contributed by atoms with Crippen LogP contribution in [-0.4, -0.2) is 20.8 Å². The Labute approximate surface area is 101 Å². The van der Waals surface area contributed by atoms with Crippen LogP contribution in [0.5, 0.6) is 17.2 Å². The van der Waals surface area contributed by atoms with E-state index in [-0.39, 0.29) is 0 Å². The molecule has 0 aliphatic carbocycles. The van der Waals surface area contributed by atoms with Gasteiger partial charge in [-0.15, -0.1) is 0 Å². The van der Waals surface area contributed by atoms with Crippen molar-refractivity contribution in [3.05, 3.63) is 30.3 Å². The molecule has 0 bridgehead atoms. The first-order valence-electron chi connectivity index (χ1n) is 5.58. The van der Waals surface area contributed by atoms with E-state index in [4.69, 9.17) is 14.2 Å². The van der Waals surface area contributed by atoms with Crippen molar-refractivity contribution in [3.63, 3.8) is 0 Å². The largest absolute Gasteiger partial charge is 0.493 e. The molecule has 0 heterocycles. The maximum absolute atomic E-state index is 5.63. The molecule has 0 aromatic heterocycles. The molecule has 2 aromatic rings. The van der Waals surface area contributed by atoms with Gasteiger partial charge >= 0.3 is 0 Å². The van der Waals surface area contributed by atoms with Crippen molar-refractivity contribution in [2.45, 2.75) is 6.92 Å².